The molecule has 108 valence electrons. The molecule has 4 N–H and O–H groups in total. The Morgan fingerprint density at radius 3 is 2.70 bits per heavy atom. The van der Waals surface area contributed by atoms with E-state index in [-0.39, 0.29) is 29.4 Å². The van der Waals surface area contributed by atoms with E-state index >= 15 is 0 Å². The smallest absolute Gasteiger partial charge is 0.318 e. The van der Waals surface area contributed by atoms with Crippen LogP contribution in [-0.4, -0.2) is 24.3 Å². The Balaban J connectivity index is 2.64. The highest BCUT2D eigenvalue weighted by Gasteiger charge is 2.13. The van der Waals surface area contributed by atoms with Crippen molar-refractivity contribution in [2.45, 2.75) is 13.3 Å². The zero-order chi connectivity index (χ0) is 15.1. The van der Waals surface area contributed by atoms with Crippen LogP contribution >= 0.6 is 23.2 Å². The first-order valence-electron chi connectivity index (χ1n) is 5.72. The number of hydrazone groups is 1. The van der Waals surface area contributed by atoms with Gasteiger partial charge >= 0.3 is 5.97 Å². The molecule has 1 aromatic carbocycles. The first-order chi connectivity index (χ1) is 9.43. The number of hydrogen-bond acceptors (Lipinski definition) is 3. The van der Waals surface area contributed by atoms with Crippen LogP contribution in [0.2, 0.25) is 10.0 Å². The maximum Gasteiger partial charge on any atom is 0.318 e. The Labute approximate surface area is 125 Å². The first kappa shape index (κ1) is 16.3. The molecule has 8 heteroatoms. The van der Waals surface area contributed by atoms with Gasteiger partial charge in [0.2, 0.25) is 0 Å². The van der Waals surface area contributed by atoms with Crippen LogP contribution in [0.4, 0.5) is 0 Å². The summed E-state index contributed by atoms with van der Waals surface area (Å²) in [5.74, 6) is -0.934. The number of nitrogens with two attached hydrogens (primary N) is 1. The van der Waals surface area contributed by atoms with Crippen molar-refractivity contribution in [3.8, 4) is 0 Å². The Hall–Kier alpha value is -1.79. The molecular weight excluding hydrogens is 305 g/mol. The maximum atomic E-state index is 11.8. The second-order valence-corrected chi connectivity index (χ2v) is 4.55. The third-order valence-corrected chi connectivity index (χ3v) is 2.70. The van der Waals surface area contributed by atoms with E-state index in [1.54, 1.807) is 6.92 Å². The van der Waals surface area contributed by atoms with Gasteiger partial charge in [0.25, 0.3) is 11.7 Å². The number of benzene rings is 1. The summed E-state index contributed by atoms with van der Waals surface area (Å²) < 4.78 is 4.71. The number of esters is 1. The lowest BCUT2D eigenvalue weighted by atomic mass is 10.2. The number of nitrogens with one attached hydrogen (secondary N) is 2. The van der Waals surface area contributed by atoms with Crippen LogP contribution < -0.4 is 16.3 Å². The molecule has 0 aliphatic heterocycles. The second-order valence-electron chi connectivity index (χ2n) is 3.71. The lowest BCUT2D eigenvalue weighted by Crippen LogP contribution is -2.86. The van der Waals surface area contributed by atoms with Gasteiger partial charge in [-0.15, -0.1) is 0 Å². The summed E-state index contributed by atoms with van der Waals surface area (Å²) in [6, 6.07) is 4.46. The molecule has 0 heterocycles. The number of amides is 1. The van der Waals surface area contributed by atoms with Gasteiger partial charge in [-0.25, -0.2) is 0 Å². The molecule has 0 atom stereocenters. The van der Waals surface area contributed by atoms with Crippen molar-refractivity contribution in [3.05, 3.63) is 33.8 Å². The number of ether oxygens (including phenoxy) is 1. The Kier molecular flexibility index (Phi) is 6.27. The predicted octanol–water partition coefficient (Wildman–Crippen LogP) is 0.0292. The van der Waals surface area contributed by atoms with Crippen LogP contribution in [-0.2, 0) is 9.53 Å². The van der Waals surface area contributed by atoms with Gasteiger partial charge in [-0.05, 0) is 25.1 Å². The Morgan fingerprint density at radius 2 is 2.10 bits per heavy atom. The van der Waals surface area contributed by atoms with Crippen LogP contribution in [0.1, 0.15) is 23.7 Å². The molecular formula is C12H14Cl2N3O3+. The molecule has 0 spiro atoms. The summed E-state index contributed by atoms with van der Waals surface area (Å²) in [7, 11) is 0. The molecule has 0 aliphatic carbocycles. The van der Waals surface area contributed by atoms with E-state index in [1.807, 2.05) is 0 Å². The van der Waals surface area contributed by atoms with Crippen LogP contribution in [0.25, 0.3) is 0 Å². The molecule has 0 saturated heterocycles. The van der Waals surface area contributed by atoms with E-state index in [4.69, 9.17) is 33.7 Å². The quantitative estimate of drug-likeness (QED) is 0.309. The minimum Gasteiger partial charge on any atom is -0.466 e. The van der Waals surface area contributed by atoms with Crippen LogP contribution in [0.5, 0.6) is 0 Å². The van der Waals surface area contributed by atoms with Crippen LogP contribution in [0, 0.1) is 0 Å². The monoisotopic (exact) mass is 318 g/mol. The summed E-state index contributed by atoms with van der Waals surface area (Å²) in [4.78, 5) is 23.0. The highest BCUT2D eigenvalue weighted by Crippen LogP contribution is 2.20. The predicted molar refractivity (Wildman–Crippen MR) is 75.3 cm³/mol. The number of hydrazine groups is 1. The molecule has 0 fully saturated rings. The highest BCUT2D eigenvalue weighted by molar-refractivity contribution is 6.36. The van der Waals surface area contributed by atoms with Crippen molar-refractivity contribution in [1.29, 1.82) is 0 Å². The van der Waals surface area contributed by atoms with Crippen molar-refractivity contribution < 1.29 is 19.4 Å². The normalized spacial score (nSPS) is 11.1. The summed E-state index contributed by atoms with van der Waals surface area (Å²) in [5, 5.41) is 3.05. The summed E-state index contributed by atoms with van der Waals surface area (Å²) in [5.41, 5.74) is 8.08. The highest BCUT2D eigenvalue weighted by atomic mass is 35.5. The van der Waals surface area contributed by atoms with E-state index in [0.717, 1.165) is 0 Å². The molecule has 0 radical (unpaired) electrons. The van der Waals surface area contributed by atoms with Crippen LogP contribution in [0.15, 0.2) is 18.2 Å². The maximum absolute atomic E-state index is 11.8. The van der Waals surface area contributed by atoms with Gasteiger partial charge in [-0.1, -0.05) is 23.2 Å². The third-order valence-electron chi connectivity index (χ3n) is 2.15. The zero-order valence-electron chi connectivity index (χ0n) is 10.7. The van der Waals surface area contributed by atoms with Gasteiger partial charge in [0.15, 0.2) is 0 Å². The number of halogens is 2. The number of amidine groups is 1. The fraction of sp³-hybridized carbons (Fsp3) is 0.250. The van der Waals surface area contributed by atoms with E-state index in [0.29, 0.717) is 5.02 Å². The Bertz CT molecular complexity index is 547. The molecule has 0 saturated carbocycles. The van der Waals surface area contributed by atoms with Gasteiger partial charge in [0.1, 0.15) is 6.42 Å². The fourth-order valence-electron chi connectivity index (χ4n) is 1.29. The molecule has 0 aromatic heterocycles. The number of carbonyl (C=O) groups is 2. The van der Waals surface area contributed by atoms with Gasteiger partial charge in [0, 0.05) is 5.02 Å². The topological polar surface area (TPSA) is 95.4 Å². The second kappa shape index (κ2) is 7.72. The standard InChI is InChI=1S/C12H13Cl2N3O3/c1-2-20-11(18)6-10(15)16-17-12(19)8-4-3-7(13)5-9(8)14/h3-5H,2,6H2,1H3,(H2,15,16)(H,17,19)/p+1. The first-order valence-corrected chi connectivity index (χ1v) is 6.48. The third kappa shape index (κ3) is 5.07. The molecule has 1 amide bonds. The number of rotatable bonds is 5. The largest absolute Gasteiger partial charge is 0.466 e. The van der Waals surface area contributed by atoms with Crippen molar-refractivity contribution >= 4 is 40.9 Å². The number of hydrogen-bond donors (Lipinski definition) is 3. The van der Waals surface area contributed by atoms with Crippen molar-refractivity contribution in [1.82, 2.24) is 5.43 Å². The lowest BCUT2D eigenvalue weighted by molar-refractivity contribution is -0.510. The van der Waals surface area contributed by atoms with E-state index in [9.17, 15) is 9.59 Å². The van der Waals surface area contributed by atoms with Crippen molar-refractivity contribution in [3.63, 3.8) is 0 Å². The van der Waals surface area contributed by atoms with Gasteiger partial charge in [-0.3, -0.25) is 15.3 Å². The molecule has 20 heavy (non-hydrogen) atoms. The minimum atomic E-state index is -0.501. The summed E-state index contributed by atoms with van der Waals surface area (Å²) in [6.07, 6.45) is -0.150. The van der Waals surface area contributed by atoms with Crippen molar-refractivity contribution in [2.75, 3.05) is 6.61 Å². The average molecular weight is 319 g/mol. The van der Waals surface area contributed by atoms with E-state index < -0.39 is 11.9 Å². The Morgan fingerprint density at radius 1 is 1.40 bits per heavy atom. The fourth-order valence-corrected chi connectivity index (χ4v) is 1.78. The van der Waals surface area contributed by atoms with Gasteiger partial charge < -0.3 is 4.74 Å². The molecule has 1 aromatic rings. The molecule has 0 unspecified atom stereocenters. The van der Waals surface area contributed by atoms with Gasteiger partial charge in [0.05, 0.1) is 17.2 Å². The molecule has 0 aliphatic rings. The number of carbonyl (C=O) groups excluding carboxylic acids is 2. The molecule has 6 nitrogen and oxygen atoms in total. The van der Waals surface area contributed by atoms with Crippen LogP contribution in [0.3, 0.4) is 0 Å². The lowest BCUT2D eigenvalue weighted by Gasteiger charge is -2.02. The molecule has 0 bridgehead atoms. The molecule has 1 rings (SSSR count). The average Bonchev–Trinajstić information content (AvgIpc) is 2.36. The SMILES string of the molecule is CCOC(=O)CC(N)=[NH+]NC(=O)c1ccc(Cl)cc1Cl. The summed E-state index contributed by atoms with van der Waals surface area (Å²) >= 11 is 11.6. The minimum absolute atomic E-state index is 0.0573. The van der Waals surface area contributed by atoms with Crippen molar-refractivity contribution in [2.24, 2.45) is 5.73 Å². The zero-order valence-corrected chi connectivity index (χ0v) is 12.2. The van der Waals surface area contributed by atoms with E-state index in [2.05, 4.69) is 10.5 Å². The summed E-state index contributed by atoms with van der Waals surface area (Å²) in [6.45, 7) is 1.95. The van der Waals surface area contributed by atoms with Gasteiger partial charge in [-0.2, -0.15) is 10.5 Å². The van der Waals surface area contributed by atoms with E-state index in [1.165, 1.54) is 18.2 Å².